The van der Waals surface area contributed by atoms with Crippen molar-refractivity contribution in [2.45, 2.75) is 0 Å². The smallest absolute Gasteiger partial charge is 0.156 e. The van der Waals surface area contributed by atoms with Crippen LogP contribution in [0, 0.1) is 0 Å². The summed E-state index contributed by atoms with van der Waals surface area (Å²) in [5.74, 6) is 0.161. The van der Waals surface area contributed by atoms with Crippen LogP contribution in [0.2, 0.25) is 0 Å². The Kier molecular flexibility index (Phi) is 3.08. The number of phenols is 1. The Morgan fingerprint density at radius 1 is 1.09 bits per heavy atom. The molecule has 4 rings (SSSR count). The van der Waals surface area contributed by atoms with E-state index in [1.165, 1.54) is 0 Å². The van der Waals surface area contributed by atoms with Gasteiger partial charge in [-0.15, -0.1) is 6.58 Å². The first-order valence-electron chi connectivity index (χ1n) is 7.32. The molecule has 0 spiro atoms. The van der Waals surface area contributed by atoms with E-state index in [0.717, 1.165) is 21.6 Å². The van der Waals surface area contributed by atoms with Crippen LogP contribution in [0.15, 0.2) is 70.6 Å². The van der Waals surface area contributed by atoms with Gasteiger partial charge in [-0.3, -0.25) is 4.99 Å². The number of rotatable bonds is 2. The molecule has 0 aliphatic rings. The molecule has 23 heavy (non-hydrogen) atoms. The first kappa shape index (κ1) is 13.5. The molecule has 0 fully saturated rings. The molecule has 0 saturated carbocycles. The van der Waals surface area contributed by atoms with Crippen molar-refractivity contribution in [2.75, 3.05) is 6.54 Å². The zero-order valence-corrected chi connectivity index (χ0v) is 12.4. The first-order chi connectivity index (χ1) is 11.2. The lowest BCUT2D eigenvalue weighted by Gasteiger charge is -2.05. The van der Waals surface area contributed by atoms with Crippen molar-refractivity contribution in [1.82, 2.24) is 4.98 Å². The number of aromatic nitrogens is 1. The summed E-state index contributed by atoms with van der Waals surface area (Å²) in [5.41, 5.74) is 2.73. The molecule has 0 amide bonds. The normalized spacial score (nSPS) is 12.3. The molecule has 0 aliphatic carbocycles. The van der Waals surface area contributed by atoms with E-state index >= 15 is 0 Å². The summed E-state index contributed by atoms with van der Waals surface area (Å²) >= 11 is 0. The Labute approximate surface area is 132 Å². The van der Waals surface area contributed by atoms with Crippen molar-refractivity contribution in [1.29, 1.82) is 0 Å². The fraction of sp³-hybridized carbons (Fsp3) is 0.0526. The van der Waals surface area contributed by atoms with Crippen LogP contribution >= 0.6 is 0 Å². The van der Waals surface area contributed by atoms with E-state index < -0.39 is 0 Å². The molecule has 0 atom stereocenters. The zero-order valence-electron chi connectivity index (χ0n) is 12.4. The second-order valence-electron chi connectivity index (χ2n) is 5.31. The van der Waals surface area contributed by atoms with Crippen LogP contribution in [0.4, 0.5) is 0 Å². The fourth-order valence-corrected chi connectivity index (χ4v) is 2.65. The van der Waals surface area contributed by atoms with E-state index in [-0.39, 0.29) is 5.75 Å². The molecular weight excluding hydrogens is 288 g/mol. The molecule has 1 N–H and O–H groups in total. The average molecular weight is 302 g/mol. The molecule has 0 aliphatic heterocycles. The van der Waals surface area contributed by atoms with Crippen molar-refractivity contribution >= 4 is 33.0 Å². The lowest BCUT2D eigenvalue weighted by Crippen LogP contribution is -2.00. The van der Waals surface area contributed by atoms with Gasteiger partial charge in [0.25, 0.3) is 0 Å². The molecule has 0 saturated heterocycles. The standard InChI is InChI=1S/C19H14N2O2/c1-2-9-20-13-5-3-12-4-8-17-19(15(12)10-13)21-16-7-6-14(22)11-18(16)23-17/h2-8,10-11,22H,1,9H2. The van der Waals surface area contributed by atoms with Gasteiger partial charge in [0, 0.05) is 11.5 Å². The van der Waals surface area contributed by atoms with Gasteiger partial charge in [0.15, 0.2) is 11.2 Å². The van der Waals surface area contributed by atoms with Crippen LogP contribution in [-0.2, 0) is 0 Å². The molecule has 1 heterocycles. The van der Waals surface area contributed by atoms with Crippen LogP contribution in [-0.4, -0.2) is 16.6 Å². The Morgan fingerprint density at radius 2 is 1.96 bits per heavy atom. The number of fused-ring (bicyclic) bond motifs is 4. The lowest BCUT2D eigenvalue weighted by atomic mass is 10.1. The summed E-state index contributed by atoms with van der Waals surface area (Å²) in [5, 5.41) is 12.5. The summed E-state index contributed by atoms with van der Waals surface area (Å²) in [7, 11) is 0. The minimum absolute atomic E-state index is 0.161. The summed E-state index contributed by atoms with van der Waals surface area (Å²) in [4.78, 5) is 9.15. The molecule has 0 bridgehead atoms. The summed E-state index contributed by atoms with van der Waals surface area (Å²) in [6, 6.07) is 14.8. The van der Waals surface area contributed by atoms with Gasteiger partial charge in [0.05, 0.1) is 11.9 Å². The van der Waals surface area contributed by atoms with Gasteiger partial charge in [-0.1, -0.05) is 18.2 Å². The maximum atomic E-state index is 9.58. The van der Waals surface area contributed by atoms with Crippen molar-refractivity contribution < 1.29 is 9.52 Å². The molecule has 1 aromatic heterocycles. The Balaban J connectivity index is 2.09. The van der Waals surface area contributed by atoms with Crippen molar-refractivity contribution in [2.24, 2.45) is 4.99 Å². The second kappa shape index (κ2) is 5.25. The molecule has 3 aromatic carbocycles. The fourth-order valence-electron chi connectivity index (χ4n) is 2.65. The van der Waals surface area contributed by atoms with Gasteiger partial charge >= 0.3 is 0 Å². The highest BCUT2D eigenvalue weighted by Gasteiger charge is 2.07. The summed E-state index contributed by atoms with van der Waals surface area (Å²) in [6.07, 6.45) is 1.76. The molecule has 4 nitrogen and oxygen atoms in total. The topological polar surface area (TPSA) is 58.6 Å². The van der Waals surface area contributed by atoms with E-state index in [0.29, 0.717) is 23.2 Å². The van der Waals surface area contributed by atoms with Gasteiger partial charge in [0.2, 0.25) is 0 Å². The maximum Gasteiger partial charge on any atom is 0.156 e. The SMILES string of the molecule is C=CCN=c1ccc2ccc3oc4cc(O)ccc4nc3c2c1. The van der Waals surface area contributed by atoms with Crippen LogP contribution < -0.4 is 5.36 Å². The summed E-state index contributed by atoms with van der Waals surface area (Å²) in [6.45, 7) is 4.27. The van der Waals surface area contributed by atoms with Crippen molar-refractivity contribution in [3.05, 3.63) is 66.5 Å². The predicted octanol–water partition coefficient (Wildman–Crippen LogP) is 3.93. The highest BCUT2D eigenvalue weighted by atomic mass is 16.3. The molecule has 4 heteroatoms. The monoisotopic (exact) mass is 302 g/mol. The molecular formula is C19H14N2O2. The zero-order chi connectivity index (χ0) is 15.8. The van der Waals surface area contributed by atoms with Gasteiger partial charge in [-0.05, 0) is 35.7 Å². The Morgan fingerprint density at radius 3 is 2.83 bits per heavy atom. The third kappa shape index (κ3) is 2.34. The highest BCUT2D eigenvalue weighted by Crippen LogP contribution is 2.27. The van der Waals surface area contributed by atoms with Gasteiger partial charge in [-0.25, -0.2) is 4.98 Å². The second-order valence-corrected chi connectivity index (χ2v) is 5.31. The number of hydrogen-bond acceptors (Lipinski definition) is 4. The van der Waals surface area contributed by atoms with E-state index in [4.69, 9.17) is 9.40 Å². The first-order valence-corrected chi connectivity index (χ1v) is 7.32. The van der Waals surface area contributed by atoms with E-state index in [2.05, 4.69) is 11.6 Å². The minimum Gasteiger partial charge on any atom is -0.508 e. The van der Waals surface area contributed by atoms with Crippen LogP contribution in [0.25, 0.3) is 33.0 Å². The molecule has 0 unspecified atom stereocenters. The minimum atomic E-state index is 0.161. The lowest BCUT2D eigenvalue weighted by molar-refractivity contribution is 0.474. The number of aromatic hydroxyl groups is 1. The third-order valence-corrected chi connectivity index (χ3v) is 3.74. The van der Waals surface area contributed by atoms with Crippen LogP contribution in [0.1, 0.15) is 0 Å². The highest BCUT2D eigenvalue weighted by molar-refractivity contribution is 6.04. The quantitative estimate of drug-likeness (QED) is 0.347. The largest absolute Gasteiger partial charge is 0.508 e. The number of nitrogens with zero attached hydrogens (tertiary/aromatic N) is 2. The van der Waals surface area contributed by atoms with Crippen molar-refractivity contribution in [3.63, 3.8) is 0 Å². The van der Waals surface area contributed by atoms with Crippen molar-refractivity contribution in [3.8, 4) is 5.75 Å². The van der Waals surface area contributed by atoms with Gasteiger partial charge in [0.1, 0.15) is 16.8 Å². The van der Waals surface area contributed by atoms with Gasteiger partial charge < -0.3 is 9.52 Å². The molecule has 112 valence electrons. The number of phenolic OH excluding ortho intramolecular Hbond substituents is 1. The molecule has 4 aromatic rings. The third-order valence-electron chi connectivity index (χ3n) is 3.74. The van der Waals surface area contributed by atoms with Crippen LogP contribution in [0.5, 0.6) is 5.75 Å². The number of hydrogen-bond donors (Lipinski definition) is 1. The maximum absolute atomic E-state index is 9.58. The molecule has 0 radical (unpaired) electrons. The number of benzene rings is 3. The average Bonchev–Trinajstić information content (AvgIpc) is 2.58. The summed E-state index contributed by atoms with van der Waals surface area (Å²) < 4.78 is 5.89. The van der Waals surface area contributed by atoms with E-state index in [9.17, 15) is 5.11 Å². The predicted molar refractivity (Wildman–Crippen MR) is 91.3 cm³/mol. The van der Waals surface area contributed by atoms with E-state index in [1.54, 1.807) is 24.3 Å². The Bertz CT molecular complexity index is 1130. The van der Waals surface area contributed by atoms with E-state index in [1.807, 2.05) is 30.3 Å². The Hall–Kier alpha value is -3.14. The van der Waals surface area contributed by atoms with Gasteiger partial charge in [-0.2, -0.15) is 0 Å². The van der Waals surface area contributed by atoms with Crippen LogP contribution in [0.3, 0.4) is 0 Å².